The minimum absolute atomic E-state index is 0.0281. The third kappa shape index (κ3) is 4.91. The van der Waals surface area contributed by atoms with Crippen LogP contribution in [0.25, 0.3) is 0 Å². The van der Waals surface area contributed by atoms with Crippen LogP contribution in [0.3, 0.4) is 0 Å². The molecule has 16 heavy (non-hydrogen) atoms. The first-order chi connectivity index (χ1) is 7.53. The number of halogens is 1. The quantitative estimate of drug-likeness (QED) is 0.723. The van der Waals surface area contributed by atoms with Gasteiger partial charge in [0.25, 0.3) is 0 Å². The van der Waals surface area contributed by atoms with E-state index in [1.165, 1.54) is 6.33 Å². The Balaban J connectivity index is 2.31. The van der Waals surface area contributed by atoms with E-state index >= 15 is 0 Å². The molecule has 1 aromatic heterocycles. The molecule has 0 aromatic carbocycles. The largest absolute Gasteiger partial charge is 0.340 e. The van der Waals surface area contributed by atoms with E-state index < -0.39 is 10.0 Å². The highest BCUT2D eigenvalue weighted by Crippen LogP contribution is 2.02. The third-order valence-corrected chi connectivity index (χ3v) is 4.01. The Labute approximate surface area is 99.4 Å². The van der Waals surface area contributed by atoms with Gasteiger partial charge in [0, 0.05) is 18.8 Å². The summed E-state index contributed by atoms with van der Waals surface area (Å²) < 4.78 is 30.2. The van der Waals surface area contributed by atoms with Gasteiger partial charge in [-0.3, -0.25) is 0 Å². The molecule has 1 aromatic rings. The van der Waals surface area contributed by atoms with Crippen molar-refractivity contribution in [1.82, 2.24) is 14.9 Å². The maximum absolute atomic E-state index is 11.5. The van der Waals surface area contributed by atoms with Crippen LogP contribution in [0.15, 0.2) is 10.9 Å². The van der Waals surface area contributed by atoms with E-state index in [0.717, 1.165) is 0 Å². The molecule has 0 saturated heterocycles. The van der Waals surface area contributed by atoms with Gasteiger partial charge >= 0.3 is 0 Å². The average molecular weight is 268 g/mol. The minimum Gasteiger partial charge on any atom is -0.340 e. The van der Waals surface area contributed by atoms with Crippen LogP contribution in [0.5, 0.6) is 0 Å². The van der Waals surface area contributed by atoms with Crippen molar-refractivity contribution in [3.63, 3.8) is 0 Å². The topological polar surface area (TPSA) is 85.1 Å². The Morgan fingerprint density at radius 3 is 2.94 bits per heavy atom. The molecule has 0 spiro atoms. The van der Waals surface area contributed by atoms with Crippen LogP contribution in [0.2, 0.25) is 0 Å². The summed E-state index contributed by atoms with van der Waals surface area (Å²) in [5.41, 5.74) is 0. The molecule has 0 fully saturated rings. The van der Waals surface area contributed by atoms with Gasteiger partial charge in [0.2, 0.25) is 15.9 Å². The fourth-order valence-electron chi connectivity index (χ4n) is 1.10. The van der Waals surface area contributed by atoms with Crippen molar-refractivity contribution in [2.24, 2.45) is 5.92 Å². The molecule has 1 atom stereocenters. The van der Waals surface area contributed by atoms with Crippen LogP contribution in [-0.4, -0.2) is 36.7 Å². The molecule has 0 saturated carbocycles. The van der Waals surface area contributed by atoms with Crippen molar-refractivity contribution in [2.75, 3.05) is 18.2 Å². The van der Waals surface area contributed by atoms with Crippen molar-refractivity contribution in [3.05, 3.63) is 12.2 Å². The van der Waals surface area contributed by atoms with E-state index in [4.69, 9.17) is 16.1 Å². The first kappa shape index (κ1) is 13.4. The van der Waals surface area contributed by atoms with E-state index in [2.05, 4.69) is 14.9 Å². The van der Waals surface area contributed by atoms with Gasteiger partial charge in [-0.25, -0.2) is 13.1 Å². The van der Waals surface area contributed by atoms with Gasteiger partial charge in [0.15, 0.2) is 6.33 Å². The second-order valence-electron chi connectivity index (χ2n) is 3.52. The van der Waals surface area contributed by atoms with Crippen LogP contribution in [0.1, 0.15) is 12.8 Å². The number of nitrogens with zero attached hydrogens (tertiary/aromatic N) is 2. The summed E-state index contributed by atoms with van der Waals surface area (Å²) in [5, 5.41) is 3.42. The van der Waals surface area contributed by atoms with E-state index in [1.54, 1.807) is 6.92 Å². The van der Waals surface area contributed by atoms with Gasteiger partial charge in [0.05, 0.1) is 5.75 Å². The molecule has 92 valence electrons. The van der Waals surface area contributed by atoms with Crippen LogP contribution in [0.4, 0.5) is 0 Å². The molecule has 0 aliphatic rings. The Bertz CT molecular complexity index is 393. The lowest BCUT2D eigenvalue weighted by Gasteiger charge is -2.08. The highest BCUT2D eigenvalue weighted by atomic mass is 35.5. The van der Waals surface area contributed by atoms with Crippen molar-refractivity contribution in [2.45, 2.75) is 13.3 Å². The normalized spacial score (nSPS) is 13.9. The zero-order chi connectivity index (χ0) is 12.0. The Morgan fingerprint density at radius 1 is 1.62 bits per heavy atom. The Hall–Kier alpha value is -0.660. The lowest BCUT2D eigenvalue weighted by atomic mass is 10.3. The molecule has 0 bridgehead atoms. The second-order valence-corrected chi connectivity index (χ2v) is 5.68. The summed E-state index contributed by atoms with van der Waals surface area (Å²) in [6, 6.07) is 0. The number of hydrogen-bond acceptors (Lipinski definition) is 5. The molecule has 0 aliphatic carbocycles. The molecular formula is C8H14ClN3O3S. The van der Waals surface area contributed by atoms with Crippen LogP contribution in [0, 0.1) is 5.92 Å². The summed E-state index contributed by atoms with van der Waals surface area (Å²) in [4.78, 5) is 3.78. The summed E-state index contributed by atoms with van der Waals surface area (Å²) in [5.74, 6) is 0.695. The van der Waals surface area contributed by atoms with Crippen LogP contribution < -0.4 is 4.72 Å². The number of nitrogens with one attached hydrogen (secondary N) is 1. The summed E-state index contributed by atoms with van der Waals surface area (Å²) in [6.07, 6.45) is 1.66. The Kier molecular flexibility index (Phi) is 5.17. The first-order valence-electron chi connectivity index (χ1n) is 4.82. The van der Waals surface area contributed by atoms with Crippen molar-refractivity contribution in [3.8, 4) is 0 Å². The number of rotatable bonds is 7. The van der Waals surface area contributed by atoms with E-state index in [9.17, 15) is 8.42 Å². The standard InChI is InChI=1S/C8H14ClN3O3S/c1-7(4-9)5-16(13,14)12-3-2-8-10-6-11-15-8/h6-7,12H,2-5H2,1H3. The predicted molar refractivity (Wildman–Crippen MR) is 59.7 cm³/mol. The second kappa shape index (κ2) is 6.17. The van der Waals surface area contributed by atoms with E-state index in [-0.39, 0.29) is 18.2 Å². The lowest BCUT2D eigenvalue weighted by Crippen LogP contribution is -2.31. The molecule has 8 heteroatoms. The number of aromatic nitrogens is 2. The molecular weight excluding hydrogens is 254 g/mol. The molecule has 1 heterocycles. The monoisotopic (exact) mass is 267 g/mol. The highest BCUT2D eigenvalue weighted by Gasteiger charge is 2.14. The van der Waals surface area contributed by atoms with Crippen molar-refractivity contribution < 1.29 is 12.9 Å². The smallest absolute Gasteiger partial charge is 0.227 e. The van der Waals surface area contributed by atoms with Crippen LogP contribution >= 0.6 is 11.6 Å². The lowest BCUT2D eigenvalue weighted by molar-refractivity contribution is 0.377. The minimum atomic E-state index is -3.27. The van der Waals surface area contributed by atoms with Gasteiger partial charge in [-0.05, 0) is 5.92 Å². The Morgan fingerprint density at radius 2 is 2.38 bits per heavy atom. The maximum atomic E-state index is 11.5. The van der Waals surface area contributed by atoms with E-state index in [1.807, 2.05) is 0 Å². The molecule has 6 nitrogen and oxygen atoms in total. The molecule has 0 radical (unpaired) electrons. The molecule has 0 aliphatic heterocycles. The van der Waals surface area contributed by atoms with Gasteiger partial charge in [-0.2, -0.15) is 4.98 Å². The first-order valence-corrected chi connectivity index (χ1v) is 7.01. The third-order valence-electron chi connectivity index (χ3n) is 1.84. The molecule has 1 unspecified atom stereocenters. The fourth-order valence-corrected chi connectivity index (χ4v) is 2.73. The van der Waals surface area contributed by atoms with E-state index in [0.29, 0.717) is 18.2 Å². The van der Waals surface area contributed by atoms with Crippen molar-refractivity contribution >= 4 is 21.6 Å². The van der Waals surface area contributed by atoms with Gasteiger partial charge in [-0.15, -0.1) is 11.6 Å². The SMILES string of the molecule is CC(CCl)CS(=O)(=O)NCCc1ncno1. The van der Waals surface area contributed by atoms with Gasteiger partial charge < -0.3 is 4.52 Å². The fraction of sp³-hybridized carbons (Fsp3) is 0.750. The van der Waals surface area contributed by atoms with Gasteiger partial charge in [0.1, 0.15) is 0 Å². The highest BCUT2D eigenvalue weighted by molar-refractivity contribution is 7.89. The van der Waals surface area contributed by atoms with Gasteiger partial charge in [-0.1, -0.05) is 12.1 Å². The van der Waals surface area contributed by atoms with Crippen molar-refractivity contribution in [1.29, 1.82) is 0 Å². The average Bonchev–Trinajstić information content (AvgIpc) is 2.69. The number of sulfonamides is 1. The zero-order valence-corrected chi connectivity index (χ0v) is 10.5. The maximum Gasteiger partial charge on any atom is 0.227 e. The summed E-state index contributed by atoms with van der Waals surface area (Å²) in [7, 11) is -3.27. The summed E-state index contributed by atoms with van der Waals surface area (Å²) >= 11 is 5.55. The predicted octanol–water partition coefficient (Wildman–Crippen LogP) is 0.406. The molecule has 1 N–H and O–H groups in total. The number of hydrogen-bond donors (Lipinski definition) is 1. The zero-order valence-electron chi connectivity index (χ0n) is 8.89. The molecule has 0 amide bonds. The molecule has 1 rings (SSSR count). The van der Waals surface area contributed by atoms with Crippen LogP contribution in [-0.2, 0) is 16.4 Å². The summed E-state index contributed by atoms with van der Waals surface area (Å²) in [6.45, 7) is 2.03. The number of alkyl halides is 1.